The quantitative estimate of drug-likeness (QED) is 0.0534. The summed E-state index contributed by atoms with van der Waals surface area (Å²) < 4.78 is 91.7. The van der Waals surface area contributed by atoms with E-state index in [0.717, 1.165) is 17.7 Å². The first-order valence-corrected chi connectivity index (χ1v) is 26.2. The summed E-state index contributed by atoms with van der Waals surface area (Å²) in [6.07, 6.45) is 7.53. The summed E-state index contributed by atoms with van der Waals surface area (Å²) in [5.41, 5.74) is -4.47. The van der Waals surface area contributed by atoms with Crippen LogP contribution in [0.1, 0.15) is 87.6 Å². The highest BCUT2D eigenvalue weighted by atomic mass is 32.2. The van der Waals surface area contributed by atoms with Crippen molar-refractivity contribution < 1.29 is 49.2 Å². The van der Waals surface area contributed by atoms with Crippen LogP contribution in [0.15, 0.2) is 48.6 Å². The third-order valence-electron chi connectivity index (χ3n) is 11.0. The van der Waals surface area contributed by atoms with Gasteiger partial charge in [0.25, 0.3) is 0 Å². The summed E-state index contributed by atoms with van der Waals surface area (Å²) in [7, 11) is -8.77. The van der Waals surface area contributed by atoms with Crippen LogP contribution >= 0.6 is 0 Å². The molecule has 0 bridgehead atoms. The van der Waals surface area contributed by atoms with Gasteiger partial charge in [-0.15, -0.1) is 0 Å². The molecule has 14 heteroatoms. The Morgan fingerprint density at radius 1 is 0.796 bits per heavy atom. The molecule has 0 heterocycles. The minimum absolute atomic E-state index is 0.0283. The predicted molar refractivity (Wildman–Crippen MR) is 218 cm³/mol. The fourth-order valence-corrected chi connectivity index (χ4v) is 8.56. The lowest BCUT2D eigenvalue weighted by atomic mass is 9.86. The number of alkyl halides is 3. The molecule has 0 unspecified atom stereocenters. The molecule has 0 fully saturated rings. The number of methoxy groups -OCH3 is 1. The molecule has 0 aliphatic heterocycles. The van der Waals surface area contributed by atoms with Crippen molar-refractivity contribution in [1.82, 2.24) is 0 Å². The zero-order valence-corrected chi connectivity index (χ0v) is 38.4. The summed E-state index contributed by atoms with van der Waals surface area (Å²) in [5.74, 6) is 0.674. The third-order valence-corrected chi connectivity index (χ3v) is 21.0. The topological polar surface area (TPSA) is 101 Å². The SMILES string of the molecule is COc1ccc(CO[C@@H]([C@@H](C)/C=C\[C@H](C[C@H](O[Si](C)(C)C(C)(C)C)[C@@H](C)/C=C/COS(=O)(=O)C(F)(F)F)O[Si](C)(C)C(C)(C)C)[C@@H](C)C[C@H](C)CO)cc1. The Labute approximate surface area is 327 Å². The van der Waals surface area contributed by atoms with E-state index >= 15 is 0 Å². The molecule has 0 aromatic heterocycles. The molecule has 0 spiro atoms. The Morgan fingerprint density at radius 3 is 1.81 bits per heavy atom. The van der Waals surface area contributed by atoms with E-state index in [1.54, 1.807) is 13.2 Å². The van der Waals surface area contributed by atoms with Crippen LogP contribution in [0.3, 0.4) is 0 Å². The summed E-state index contributed by atoms with van der Waals surface area (Å²) in [6, 6.07) is 7.79. The number of hydrogen-bond donors (Lipinski definition) is 1. The van der Waals surface area contributed by atoms with Crippen LogP contribution in [0.25, 0.3) is 0 Å². The largest absolute Gasteiger partial charge is 0.523 e. The van der Waals surface area contributed by atoms with Crippen molar-refractivity contribution in [2.75, 3.05) is 20.3 Å². The van der Waals surface area contributed by atoms with Crippen LogP contribution in [-0.2, 0) is 34.5 Å². The first-order chi connectivity index (χ1) is 24.5. The lowest BCUT2D eigenvalue weighted by molar-refractivity contribution is -0.0535. The standard InChI is InChI=1S/C40H71F3O8SSi2/c1-29(27-44)25-32(4)37(48-28-33-19-22-34(47-11)23-20-33)31(3)18-21-35(50-53(12,13)38(5,6)7)26-36(51-54(14,15)39(8,9)10)30(2)17-16-24-49-52(45,46)40(41,42)43/h16-23,29-32,35-37,44H,24-28H2,1-15H3/b17-16+,21-18-/t29-,30-,31-,32-,35+,36-,37-/m0/s1. The fraction of sp³-hybridized carbons (Fsp3) is 0.750. The molecule has 0 aliphatic carbocycles. The van der Waals surface area contributed by atoms with Gasteiger partial charge in [-0.25, -0.2) is 0 Å². The van der Waals surface area contributed by atoms with Crippen molar-refractivity contribution in [3.8, 4) is 5.75 Å². The molecular weight excluding hydrogens is 754 g/mol. The Bertz CT molecular complexity index is 1420. The van der Waals surface area contributed by atoms with E-state index < -0.39 is 45.0 Å². The van der Waals surface area contributed by atoms with Gasteiger partial charge in [-0.3, -0.25) is 4.18 Å². The first-order valence-electron chi connectivity index (χ1n) is 19.0. The molecule has 0 saturated heterocycles. The number of benzene rings is 1. The van der Waals surface area contributed by atoms with Crippen molar-refractivity contribution >= 4 is 26.8 Å². The van der Waals surface area contributed by atoms with Gasteiger partial charge in [-0.1, -0.05) is 106 Å². The molecular formula is C40H71F3O8SSi2. The zero-order valence-electron chi connectivity index (χ0n) is 35.5. The Kier molecular flexibility index (Phi) is 19.4. The predicted octanol–water partition coefficient (Wildman–Crippen LogP) is 10.7. The highest BCUT2D eigenvalue weighted by Crippen LogP contribution is 2.41. The summed E-state index contributed by atoms with van der Waals surface area (Å²) in [4.78, 5) is 0. The maximum absolute atomic E-state index is 12.9. The van der Waals surface area contributed by atoms with E-state index in [4.69, 9.17) is 18.3 Å². The number of hydrogen-bond acceptors (Lipinski definition) is 8. The maximum atomic E-state index is 12.9. The van der Waals surface area contributed by atoms with Gasteiger partial charge in [0.05, 0.1) is 38.6 Å². The molecule has 8 nitrogen and oxygen atoms in total. The van der Waals surface area contributed by atoms with Gasteiger partial charge < -0.3 is 23.4 Å². The van der Waals surface area contributed by atoms with Gasteiger partial charge >= 0.3 is 15.6 Å². The summed E-state index contributed by atoms with van der Waals surface area (Å²) in [6.45, 7) is 29.6. The second-order valence-electron chi connectivity index (χ2n) is 17.9. The molecule has 1 N–H and O–H groups in total. The molecule has 54 heavy (non-hydrogen) atoms. The average Bonchev–Trinajstić information content (AvgIpc) is 3.03. The van der Waals surface area contributed by atoms with Crippen LogP contribution in [0.4, 0.5) is 13.2 Å². The number of ether oxygens (including phenoxy) is 2. The van der Waals surface area contributed by atoms with Crippen LogP contribution in [0, 0.1) is 23.7 Å². The van der Waals surface area contributed by atoms with E-state index in [1.165, 1.54) is 6.08 Å². The smallest absolute Gasteiger partial charge is 0.497 e. The average molecular weight is 825 g/mol. The number of halogens is 3. The maximum Gasteiger partial charge on any atom is 0.523 e. The fourth-order valence-electron chi connectivity index (χ4n) is 5.47. The van der Waals surface area contributed by atoms with Gasteiger partial charge in [-0.05, 0) is 78.1 Å². The van der Waals surface area contributed by atoms with Gasteiger partial charge in [0.15, 0.2) is 16.6 Å². The Morgan fingerprint density at radius 2 is 1.33 bits per heavy atom. The lowest BCUT2D eigenvalue weighted by Crippen LogP contribution is -2.48. The second-order valence-corrected chi connectivity index (χ2v) is 29.0. The van der Waals surface area contributed by atoms with Gasteiger partial charge in [0.2, 0.25) is 0 Å². The number of rotatable bonds is 22. The van der Waals surface area contributed by atoms with Crippen LogP contribution in [-0.4, -0.2) is 74.3 Å². The van der Waals surface area contributed by atoms with E-state index in [1.807, 2.05) is 38.1 Å². The van der Waals surface area contributed by atoms with Gasteiger partial charge in [-0.2, -0.15) is 21.6 Å². The summed E-state index contributed by atoms with van der Waals surface area (Å²) in [5, 5.41) is 9.61. The monoisotopic (exact) mass is 824 g/mol. The molecule has 314 valence electrons. The first kappa shape index (κ1) is 50.5. The van der Waals surface area contributed by atoms with Crippen molar-refractivity contribution in [3.63, 3.8) is 0 Å². The van der Waals surface area contributed by atoms with E-state index in [-0.39, 0.29) is 52.6 Å². The Balaban J connectivity index is 3.57. The summed E-state index contributed by atoms with van der Waals surface area (Å²) >= 11 is 0. The lowest BCUT2D eigenvalue weighted by Gasteiger charge is -2.43. The van der Waals surface area contributed by atoms with Crippen LogP contribution in [0.2, 0.25) is 36.3 Å². The molecule has 0 saturated carbocycles. The highest BCUT2D eigenvalue weighted by Gasteiger charge is 2.47. The van der Waals surface area contributed by atoms with E-state index in [0.29, 0.717) is 13.0 Å². The number of aliphatic hydroxyl groups is 1. The number of aliphatic hydroxyl groups excluding tert-OH is 1. The van der Waals surface area contributed by atoms with E-state index in [2.05, 4.69) is 97.9 Å². The van der Waals surface area contributed by atoms with Crippen molar-refractivity contribution in [3.05, 3.63) is 54.1 Å². The second kappa shape index (κ2) is 20.8. The molecule has 7 atom stereocenters. The molecule has 1 rings (SSSR count). The van der Waals surface area contributed by atoms with Crippen molar-refractivity contribution in [2.24, 2.45) is 23.7 Å². The minimum atomic E-state index is -5.71. The van der Waals surface area contributed by atoms with Crippen LogP contribution < -0.4 is 4.74 Å². The highest BCUT2D eigenvalue weighted by molar-refractivity contribution is 7.87. The zero-order chi connectivity index (χ0) is 41.9. The van der Waals surface area contributed by atoms with E-state index in [9.17, 15) is 26.7 Å². The molecule has 1 aromatic carbocycles. The normalized spacial score (nSPS) is 18.1. The molecule has 1 aromatic rings. The van der Waals surface area contributed by atoms with Crippen LogP contribution in [0.5, 0.6) is 5.75 Å². The Hall–Kier alpha value is -1.53. The van der Waals surface area contributed by atoms with Crippen molar-refractivity contribution in [2.45, 2.75) is 149 Å². The molecule has 0 radical (unpaired) electrons. The van der Waals surface area contributed by atoms with Gasteiger partial charge in [0.1, 0.15) is 5.75 Å². The third kappa shape index (κ3) is 16.1. The van der Waals surface area contributed by atoms with Crippen molar-refractivity contribution in [1.29, 1.82) is 0 Å². The molecule has 0 amide bonds. The molecule has 0 aliphatic rings. The van der Waals surface area contributed by atoms with Gasteiger partial charge in [0, 0.05) is 18.9 Å². The minimum Gasteiger partial charge on any atom is -0.497 e.